The van der Waals surface area contributed by atoms with E-state index >= 15 is 0 Å². The highest BCUT2D eigenvalue weighted by Gasteiger charge is 2.31. The summed E-state index contributed by atoms with van der Waals surface area (Å²) in [5.74, 6) is -1.21. The molecule has 24 heavy (non-hydrogen) atoms. The summed E-state index contributed by atoms with van der Waals surface area (Å²) < 4.78 is 44.0. The van der Waals surface area contributed by atoms with Crippen molar-refractivity contribution in [3.05, 3.63) is 53.1 Å². The maximum absolute atomic E-state index is 13.0. The Balaban J connectivity index is 2.59. The number of carbonyl (C=O) groups is 1. The molecule has 2 rings (SSSR count). The van der Waals surface area contributed by atoms with Gasteiger partial charge in [-0.1, -0.05) is 6.07 Å². The summed E-state index contributed by atoms with van der Waals surface area (Å²) in [6, 6.07) is 9.31. The van der Waals surface area contributed by atoms with Gasteiger partial charge in [0.1, 0.15) is 5.75 Å². The highest BCUT2D eigenvalue weighted by Crippen LogP contribution is 2.38. The molecule has 0 saturated carbocycles. The van der Waals surface area contributed by atoms with Crippen LogP contribution in [0.15, 0.2) is 36.4 Å². The molecule has 2 aromatic carbocycles. The van der Waals surface area contributed by atoms with E-state index in [0.717, 1.165) is 18.2 Å². The summed E-state index contributed by atoms with van der Waals surface area (Å²) >= 11 is 0. The van der Waals surface area contributed by atoms with Gasteiger partial charge in [-0.2, -0.15) is 18.4 Å². The number of nitriles is 1. The number of carboxylic acids is 1. The van der Waals surface area contributed by atoms with Crippen LogP contribution in [0.3, 0.4) is 0 Å². The lowest BCUT2D eigenvalue weighted by Gasteiger charge is -2.15. The minimum atomic E-state index is -4.54. The van der Waals surface area contributed by atoms with Crippen molar-refractivity contribution in [3.8, 4) is 22.9 Å². The third-order valence-electron chi connectivity index (χ3n) is 3.30. The number of rotatable bonds is 4. The summed E-state index contributed by atoms with van der Waals surface area (Å²) in [6.45, 7) is 0.977. The average molecular weight is 335 g/mol. The van der Waals surface area contributed by atoms with Gasteiger partial charge in [0.05, 0.1) is 17.2 Å². The Morgan fingerprint density at radius 3 is 2.46 bits per heavy atom. The molecule has 4 nitrogen and oxygen atoms in total. The Hall–Kier alpha value is -3.01. The highest BCUT2D eigenvalue weighted by molar-refractivity contribution is 5.76. The van der Waals surface area contributed by atoms with E-state index < -0.39 is 24.3 Å². The molecule has 0 unspecified atom stereocenters. The first-order valence-corrected chi connectivity index (χ1v) is 6.79. The molecule has 0 aliphatic heterocycles. The molecule has 7 heteroatoms. The average Bonchev–Trinajstić information content (AvgIpc) is 2.51. The molecule has 0 spiro atoms. The minimum absolute atomic E-state index is 0.0261. The van der Waals surface area contributed by atoms with Gasteiger partial charge < -0.3 is 9.84 Å². The number of nitrogens with zero attached hydrogens (tertiary/aromatic N) is 1. The van der Waals surface area contributed by atoms with Crippen LogP contribution in [-0.4, -0.2) is 17.7 Å². The van der Waals surface area contributed by atoms with Crippen LogP contribution in [0.25, 0.3) is 11.1 Å². The van der Waals surface area contributed by atoms with Crippen LogP contribution < -0.4 is 4.74 Å². The zero-order chi connectivity index (χ0) is 17.9. The van der Waals surface area contributed by atoms with Gasteiger partial charge >= 0.3 is 12.1 Å². The molecule has 0 heterocycles. The van der Waals surface area contributed by atoms with Crippen molar-refractivity contribution in [3.63, 3.8) is 0 Å². The maximum atomic E-state index is 13.0. The lowest BCUT2D eigenvalue weighted by molar-refractivity contribution is -0.140. The largest absolute Gasteiger partial charge is 0.481 e. The van der Waals surface area contributed by atoms with Crippen LogP contribution in [0.4, 0.5) is 13.2 Å². The standard InChI is InChI=1S/C17H12F3NO3/c1-10-6-11(8-21)2-4-13(10)14-7-12(17(18,19)20)3-5-15(14)24-9-16(22)23/h2-7H,9H2,1H3,(H,22,23). The molecular weight excluding hydrogens is 323 g/mol. The fourth-order valence-corrected chi connectivity index (χ4v) is 2.22. The molecule has 2 aromatic rings. The SMILES string of the molecule is Cc1cc(C#N)ccc1-c1cc(C(F)(F)F)ccc1OCC(=O)O. The van der Waals surface area contributed by atoms with Gasteiger partial charge in [0.15, 0.2) is 6.61 Å². The number of benzene rings is 2. The maximum Gasteiger partial charge on any atom is 0.416 e. The zero-order valence-electron chi connectivity index (χ0n) is 12.5. The predicted molar refractivity (Wildman–Crippen MR) is 79.5 cm³/mol. The van der Waals surface area contributed by atoms with E-state index in [4.69, 9.17) is 15.1 Å². The fourth-order valence-electron chi connectivity index (χ4n) is 2.22. The van der Waals surface area contributed by atoms with Gasteiger partial charge in [-0.15, -0.1) is 0 Å². The first-order chi connectivity index (χ1) is 11.2. The lowest BCUT2D eigenvalue weighted by Crippen LogP contribution is -2.11. The van der Waals surface area contributed by atoms with Gasteiger partial charge in [0.2, 0.25) is 0 Å². The van der Waals surface area contributed by atoms with E-state index in [1.54, 1.807) is 6.92 Å². The Morgan fingerprint density at radius 2 is 1.92 bits per heavy atom. The highest BCUT2D eigenvalue weighted by atomic mass is 19.4. The molecule has 0 saturated heterocycles. The fraction of sp³-hybridized carbons (Fsp3) is 0.176. The second-order valence-corrected chi connectivity index (χ2v) is 5.03. The topological polar surface area (TPSA) is 70.3 Å². The summed E-state index contributed by atoms with van der Waals surface area (Å²) in [4.78, 5) is 10.7. The summed E-state index contributed by atoms with van der Waals surface area (Å²) in [6.07, 6.45) is -4.54. The molecule has 0 aliphatic carbocycles. The molecule has 0 atom stereocenters. The van der Waals surface area contributed by atoms with Crippen molar-refractivity contribution in [2.45, 2.75) is 13.1 Å². The predicted octanol–water partition coefficient (Wildman–Crippen LogP) is 4.02. The molecule has 0 aliphatic rings. The van der Waals surface area contributed by atoms with Gasteiger partial charge in [-0.05, 0) is 48.4 Å². The number of carboxylic acid groups (broad SMARTS) is 1. The smallest absolute Gasteiger partial charge is 0.416 e. The number of halogens is 3. The second kappa shape index (κ2) is 6.62. The van der Waals surface area contributed by atoms with Crippen LogP contribution in [0.2, 0.25) is 0 Å². The van der Waals surface area contributed by atoms with Crippen molar-refractivity contribution in [2.24, 2.45) is 0 Å². The van der Waals surface area contributed by atoms with E-state index in [1.807, 2.05) is 6.07 Å². The Kier molecular flexibility index (Phi) is 4.79. The number of hydrogen-bond donors (Lipinski definition) is 1. The first kappa shape index (κ1) is 17.3. The monoisotopic (exact) mass is 335 g/mol. The molecule has 0 amide bonds. The number of hydrogen-bond acceptors (Lipinski definition) is 3. The molecule has 0 radical (unpaired) electrons. The summed E-state index contributed by atoms with van der Waals surface area (Å²) in [5, 5.41) is 17.6. The van der Waals surface area contributed by atoms with E-state index in [0.29, 0.717) is 16.7 Å². The molecular formula is C17H12F3NO3. The van der Waals surface area contributed by atoms with E-state index in [1.165, 1.54) is 18.2 Å². The van der Waals surface area contributed by atoms with Crippen LogP contribution in [0.1, 0.15) is 16.7 Å². The lowest BCUT2D eigenvalue weighted by atomic mass is 9.96. The van der Waals surface area contributed by atoms with Crippen LogP contribution in [-0.2, 0) is 11.0 Å². The zero-order valence-corrected chi connectivity index (χ0v) is 12.5. The van der Waals surface area contributed by atoms with Crippen LogP contribution >= 0.6 is 0 Å². The van der Waals surface area contributed by atoms with Gasteiger partial charge in [0.25, 0.3) is 0 Å². The van der Waals surface area contributed by atoms with Crippen LogP contribution in [0.5, 0.6) is 5.75 Å². The van der Waals surface area contributed by atoms with Crippen molar-refractivity contribution in [1.29, 1.82) is 5.26 Å². The number of aryl methyl sites for hydroxylation is 1. The van der Waals surface area contributed by atoms with Crippen LogP contribution in [0, 0.1) is 18.3 Å². The van der Waals surface area contributed by atoms with Crippen molar-refractivity contribution in [2.75, 3.05) is 6.61 Å². The molecule has 124 valence electrons. The summed E-state index contributed by atoms with van der Waals surface area (Å²) in [7, 11) is 0. The molecule has 1 N–H and O–H groups in total. The third-order valence-corrected chi connectivity index (χ3v) is 3.30. The second-order valence-electron chi connectivity index (χ2n) is 5.03. The Morgan fingerprint density at radius 1 is 1.21 bits per heavy atom. The quantitative estimate of drug-likeness (QED) is 0.916. The molecule has 0 fully saturated rings. The molecule has 0 aromatic heterocycles. The Bertz CT molecular complexity index is 823. The van der Waals surface area contributed by atoms with Gasteiger partial charge in [0, 0.05) is 5.56 Å². The third kappa shape index (κ3) is 3.84. The number of ether oxygens (including phenoxy) is 1. The van der Waals surface area contributed by atoms with Crippen molar-refractivity contribution < 1.29 is 27.8 Å². The molecule has 0 bridgehead atoms. The number of alkyl halides is 3. The van der Waals surface area contributed by atoms with Crippen molar-refractivity contribution in [1.82, 2.24) is 0 Å². The normalized spacial score (nSPS) is 11.0. The first-order valence-electron chi connectivity index (χ1n) is 6.79. The van der Waals surface area contributed by atoms with Crippen molar-refractivity contribution >= 4 is 5.97 Å². The minimum Gasteiger partial charge on any atom is -0.481 e. The van der Waals surface area contributed by atoms with E-state index in [-0.39, 0.29) is 11.3 Å². The number of aliphatic carboxylic acids is 1. The summed E-state index contributed by atoms with van der Waals surface area (Å²) in [5.41, 5.74) is 0.627. The van der Waals surface area contributed by atoms with E-state index in [9.17, 15) is 18.0 Å². The van der Waals surface area contributed by atoms with Gasteiger partial charge in [-0.25, -0.2) is 4.79 Å². The van der Waals surface area contributed by atoms with E-state index in [2.05, 4.69) is 0 Å². The Labute approximate surface area is 135 Å². The van der Waals surface area contributed by atoms with Gasteiger partial charge in [-0.3, -0.25) is 0 Å².